The highest BCUT2D eigenvalue weighted by atomic mass is 15.0. The van der Waals surface area contributed by atoms with Crippen LogP contribution in [0.15, 0.2) is 30.5 Å². The van der Waals surface area contributed by atoms with Gasteiger partial charge in [0.15, 0.2) is 0 Å². The van der Waals surface area contributed by atoms with E-state index in [1.807, 2.05) is 6.07 Å². The van der Waals surface area contributed by atoms with Gasteiger partial charge in [-0.25, -0.2) is 0 Å². The summed E-state index contributed by atoms with van der Waals surface area (Å²) in [6.07, 6.45) is 4.70. The molecule has 2 rings (SSSR count). The van der Waals surface area contributed by atoms with Gasteiger partial charge in [0.25, 0.3) is 0 Å². The van der Waals surface area contributed by atoms with E-state index in [9.17, 15) is 0 Å². The van der Waals surface area contributed by atoms with E-state index >= 15 is 0 Å². The van der Waals surface area contributed by atoms with Crippen molar-refractivity contribution in [3.63, 3.8) is 0 Å². The normalized spacial score (nSPS) is 13.1. The van der Waals surface area contributed by atoms with E-state index in [1.165, 1.54) is 23.7 Å². The van der Waals surface area contributed by atoms with Crippen LogP contribution in [0, 0.1) is 5.92 Å². The van der Waals surface area contributed by atoms with Gasteiger partial charge in [-0.3, -0.25) is 0 Å². The van der Waals surface area contributed by atoms with Gasteiger partial charge >= 0.3 is 0 Å². The molecule has 0 aliphatic carbocycles. The summed E-state index contributed by atoms with van der Waals surface area (Å²) in [5.41, 5.74) is 7.92. The fourth-order valence-corrected chi connectivity index (χ4v) is 2.28. The molecule has 0 bridgehead atoms. The van der Waals surface area contributed by atoms with Crippen molar-refractivity contribution in [1.82, 2.24) is 4.57 Å². The van der Waals surface area contributed by atoms with Crippen LogP contribution in [0.3, 0.4) is 0 Å². The Hall–Kier alpha value is -1.44. The van der Waals surface area contributed by atoms with Gasteiger partial charge in [0.05, 0.1) is 5.52 Å². The number of fused-ring (bicyclic) bond motifs is 1. The quantitative estimate of drug-likeness (QED) is 0.777. The van der Waals surface area contributed by atoms with Gasteiger partial charge in [-0.1, -0.05) is 26.3 Å². The van der Waals surface area contributed by atoms with Crippen LogP contribution in [0.5, 0.6) is 0 Å². The first-order valence-electron chi connectivity index (χ1n) is 6.05. The van der Waals surface area contributed by atoms with Crippen molar-refractivity contribution in [2.45, 2.75) is 33.2 Å². The van der Waals surface area contributed by atoms with Gasteiger partial charge in [-0.05, 0) is 35.9 Å². The van der Waals surface area contributed by atoms with Crippen LogP contribution in [0.1, 0.15) is 26.7 Å². The smallest absolute Gasteiger partial charge is 0.0500 e. The molecule has 2 N–H and O–H groups in total. The molecule has 0 aliphatic rings. The number of rotatable bonds is 4. The van der Waals surface area contributed by atoms with Crippen molar-refractivity contribution in [2.75, 3.05) is 5.73 Å². The number of aromatic nitrogens is 1. The number of benzene rings is 1. The first kappa shape index (κ1) is 11.1. The summed E-state index contributed by atoms with van der Waals surface area (Å²) in [5.74, 6) is 0.724. The van der Waals surface area contributed by atoms with E-state index in [-0.39, 0.29) is 0 Å². The maximum absolute atomic E-state index is 5.83. The van der Waals surface area contributed by atoms with Gasteiger partial charge in [0.1, 0.15) is 0 Å². The average molecular weight is 216 g/mol. The number of nitrogens with zero attached hydrogens (tertiary/aromatic N) is 1. The molecule has 0 amide bonds. The zero-order valence-corrected chi connectivity index (χ0v) is 10.1. The fourth-order valence-electron chi connectivity index (χ4n) is 2.28. The average Bonchev–Trinajstić information content (AvgIpc) is 2.61. The van der Waals surface area contributed by atoms with E-state index in [0.717, 1.165) is 18.2 Å². The number of nitrogen functional groups attached to an aromatic ring is 1. The lowest BCUT2D eigenvalue weighted by Crippen LogP contribution is -2.06. The minimum atomic E-state index is 0.724. The van der Waals surface area contributed by atoms with Gasteiger partial charge in [0, 0.05) is 18.4 Å². The van der Waals surface area contributed by atoms with E-state index in [2.05, 4.69) is 42.8 Å². The molecule has 0 aliphatic heterocycles. The Morgan fingerprint density at radius 1 is 1.31 bits per heavy atom. The number of hydrogen-bond acceptors (Lipinski definition) is 1. The molecular formula is C14H20N2. The number of nitrogens with two attached hydrogens (primary N) is 1. The van der Waals surface area contributed by atoms with Crippen LogP contribution in [-0.2, 0) is 6.54 Å². The van der Waals surface area contributed by atoms with Gasteiger partial charge in [-0.2, -0.15) is 0 Å². The fraction of sp³-hybridized carbons (Fsp3) is 0.429. The van der Waals surface area contributed by atoms with Crippen molar-refractivity contribution in [3.8, 4) is 0 Å². The third-order valence-corrected chi connectivity index (χ3v) is 3.09. The van der Waals surface area contributed by atoms with Crippen molar-refractivity contribution < 1.29 is 0 Å². The molecule has 16 heavy (non-hydrogen) atoms. The zero-order chi connectivity index (χ0) is 11.5. The van der Waals surface area contributed by atoms with E-state index < -0.39 is 0 Å². The van der Waals surface area contributed by atoms with Gasteiger partial charge in [0.2, 0.25) is 0 Å². The molecular weight excluding hydrogens is 196 g/mol. The molecule has 86 valence electrons. The molecule has 2 aromatic rings. The summed E-state index contributed by atoms with van der Waals surface area (Å²) in [5, 5.41) is 1.28. The summed E-state index contributed by atoms with van der Waals surface area (Å²) in [4.78, 5) is 0. The highest BCUT2D eigenvalue weighted by molar-refractivity contribution is 5.83. The second kappa shape index (κ2) is 4.60. The molecule has 1 heterocycles. The first-order chi connectivity index (χ1) is 7.70. The second-order valence-corrected chi connectivity index (χ2v) is 4.68. The van der Waals surface area contributed by atoms with Crippen molar-refractivity contribution in [3.05, 3.63) is 30.5 Å². The predicted octanol–water partition coefficient (Wildman–Crippen LogP) is 3.66. The van der Waals surface area contributed by atoms with Crippen LogP contribution >= 0.6 is 0 Å². The van der Waals surface area contributed by atoms with Gasteiger partial charge in [-0.15, -0.1) is 0 Å². The largest absolute Gasteiger partial charge is 0.399 e. The Morgan fingerprint density at radius 3 is 2.88 bits per heavy atom. The SMILES string of the molecule is CCCC(C)Cn1ccc2ccc(N)cc21. The molecule has 1 aromatic carbocycles. The maximum Gasteiger partial charge on any atom is 0.0500 e. The van der Waals surface area contributed by atoms with E-state index in [1.54, 1.807) is 0 Å². The molecule has 1 unspecified atom stereocenters. The topological polar surface area (TPSA) is 30.9 Å². The molecule has 2 heteroatoms. The Bertz CT molecular complexity index is 471. The second-order valence-electron chi connectivity index (χ2n) is 4.68. The van der Waals surface area contributed by atoms with Crippen molar-refractivity contribution in [2.24, 2.45) is 5.92 Å². The molecule has 2 nitrogen and oxygen atoms in total. The summed E-state index contributed by atoms with van der Waals surface area (Å²) in [7, 11) is 0. The van der Waals surface area contributed by atoms with Gasteiger partial charge < -0.3 is 10.3 Å². The van der Waals surface area contributed by atoms with E-state index in [4.69, 9.17) is 5.73 Å². The minimum absolute atomic E-state index is 0.724. The summed E-state index contributed by atoms with van der Waals surface area (Å²) in [6, 6.07) is 8.27. The first-order valence-corrected chi connectivity index (χ1v) is 6.05. The molecule has 0 radical (unpaired) electrons. The van der Waals surface area contributed by atoms with Crippen molar-refractivity contribution >= 4 is 16.6 Å². The van der Waals surface area contributed by atoms with E-state index in [0.29, 0.717) is 0 Å². The van der Waals surface area contributed by atoms with Crippen LogP contribution in [0.25, 0.3) is 10.9 Å². The Labute approximate surface area is 97.1 Å². The molecule has 0 saturated heterocycles. The van der Waals surface area contributed by atoms with Crippen LogP contribution in [0.4, 0.5) is 5.69 Å². The molecule has 0 saturated carbocycles. The standard InChI is InChI=1S/C14H20N2/c1-3-4-11(2)10-16-8-7-12-5-6-13(15)9-14(12)16/h5-9,11H,3-4,10,15H2,1-2H3. The summed E-state index contributed by atoms with van der Waals surface area (Å²) in [6.45, 7) is 5.63. The lowest BCUT2D eigenvalue weighted by Gasteiger charge is -2.12. The predicted molar refractivity (Wildman–Crippen MR) is 70.4 cm³/mol. The summed E-state index contributed by atoms with van der Waals surface area (Å²) < 4.78 is 2.31. The van der Waals surface area contributed by atoms with Crippen LogP contribution < -0.4 is 5.73 Å². The Balaban J connectivity index is 2.27. The zero-order valence-electron chi connectivity index (χ0n) is 10.1. The maximum atomic E-state index is 5.83. The Morgan fingerprint density at radius 2 is 2.12 bits per heavy atom. The number of hydrogen-bond donors (Lipinski definition) is 1. The monoisotopic (exact) mass is 216 g/mol. The number of anilines is 1. The van der Waals surface area contributed by atoms with Crippen molar-refractivity contribution in [1.29, 1.82) is 0 Å². The molecule has 1 atom stereocenters. The molecule has 0 spiro atoms. The van der Waals surface area contributed by atoms with Crippen LogP contribution in [0.2, 0.25) is 0 Å². The highest BCUT2D eigenvalue weighted by Crippen LogP contribution is 2.20. The minimum Gasteiger partial charge on any atom is -0.399 e. The lowest BCUT2D eigenvalue weighted by molar-refractivity contribution is 0.453. The molecule has 0 fully saturated rings. The Kier molecular flexibility index (Phi) is 3.18. The molecule has 1 aromatic heterocycles. The lowest BCUT2D eigenvalue weighted by atomic mass is 10.1. The third-order valence-electron chi connectivity index (χ3n) is 3.09. The summed E-state index contributed by atoms with van der Waals surface area (Å²) >= 11 is 0. The third kappa shape index (κ3) is 2.21. The van der Waals surface area contributed by atoms with Crippen LogP contribution in [-0.4, -0.2) is 4.57 Å². The highest BCUT2D eigenvalue weighted by Gasteiger charge is 2.05.